The van der Waals surface area contributed by atoms with Crippen molar-refractivity contribution in [1.29, 1.82) is 0 Å². The van der Waals surface area contributed by atoms with Crippen LogP contribution in [0.5, 0.6) is 0 Å². The van der Waals surface area contributed by atoms with E-state index in [4.69, 9.17) is 21.1 Å². The van der Waals surface area contributed by atoms with Crippen molar-refractivity contribution in [3.05, 3.63) is 23.0 Å². The topological polar surface area (TPSA) is 62.4 Å². The number of nitrogens with zero attached hydrogens (tertiary/aromatic N) is 2. The summed E-state index contributed by atoms with van der Waals surface area (Å²) in [5, 5.41) is 4.10. The van der Waals surface area contributed by atoms with Gasteiger partial charge in [0.25, 0.3) is 0 Å². The molecule has 138 valence electrons. The zero-order chi connectivity index (χ0) is 17.9. The van der Waals surface area contributed by atoms with Gasteiger partial charge >= 0.3 is 0 Å². The van der Waals surface area contributed by atoms with Crippen molar-refractivity contribution in [2.24, 2.45) is 0 Å². The first-order chi connectivity index (χ1) is 12.0. The van der Waals surface area contributed by atoms with E-state index in [2.05, 4.69) is 40.1 Å². The molecule has 0 amide bonds. The maximum absolute atomic E-state index is 6.48. The average molecular weight is 367 g/mol. The highest BCUT2D eigenvalue weighted by molar-refractivity contribution is 6.34. The number of halogens is 1. The van der Waals surface area contributed by atoms with Crippen LogP contribution in [0.15, 0.2) is 12.1 Å². The molecule has 1 aromatic heterocycles. The zero-order valence-corrected chi connectivity index (χ0v) is 15.9. The Balaban J connectivity index is 1.65. The smallest absolute Gasteiger partial charge is 0.133 e. The van der Waals surface area contributed by atoms with Gasteiger partial charge in [0.15, 0.2) is 0 Å². The number of fused-ring (bicyclic) bond motifs is 1. The summed E-state index contributed by atoms with van der Waals surface area (Å²) in [7, 11) is 1.72. The maximum atomic E-state index is 6.48. The molecule has 2 N–H and O–H groups in total. The number of imidazole rings is 1. The summed E-state index contributed by atoms with van der Waals surface area (Å²) in [6, 6.07) is 4.02. The van der Waals surface area contributed by atoms with Crippen molar-refractivity contribution in [2.75, 3.05) is 44.8 Å². The van der Waals surface area contributed by atoms with Crippen LogP contribution >= 0.6 is 11.6 Å². The summed E-state index contributed by atoms with van der Waals surface area (Å²) in [6.45, 7) is 9.08. The lowest BCUT2D eigenvalue weighted by Crippen LogP contribution is -2.43. The first-order valence-electron chi connectivity index (χ1n) is 8.75. The third-order valence-electron chi connectivity index (χ3n) is 4.70. The predicted octanol–water partition coefficient (Wildman–Crippen LogP) is 2.96. The van der Waals surface area contributed by atoms with Crippen LogP contribution in [0, 0.1) is 0 Å². The monoisotopic (exact) mass is 366 g/mol. The van der Waals surface area contributed by atoms with Gasteiger partial charge in [-0.15, -0.1) is 0 Å². The van der Waals surface area contributed by atoms with Crippen LogP contribution < -0.4 is 10.2 Å². The second kappa shape index (κ2) is 7.91. The van der Waals surface area contributed by atoms with Gasteiger partial charge in [0.2, 0.25) is 0 Å². The number of methoxy groups -OCH3 is 1. The predicted molar refractivity (Wildman–Crippen MR) is 102 cm³/mol. The van der Waals surface area contributed by atoms with Gasteiger partial charge in [0.05, 0.1) is 27.3 Å². The number of aromatic nitrogens is 2. The zero-order valence-electron chi connectivity index (χ0n) is 15.2. The largest absolute Gasteiger partial charge is 0.379 e. The van der Waals surface area contributed by atoms with Gasteiger partial charge in [0, 0.05) is 39.9 Å². The maximum Gasteiger partial charge on any atom is 0.133 e. The van der Waals surface area contributed by atoms with Crippen LogP contribution in [-0.2, 0) is 16.1 Å². The minimum absolute atomic E-state index is 0.167. The summed E-state index contributed by atoms with van der Waals surface area (Å²) < 4.78 is 11.1. The van der Waals surface area contributed by atoms with E-state index in [-0.39, 0.29) is 5.60 Å². The van der Waals surface area contributed by atoms with Crippen LogP contribution in [0.2, 0.25) is 5.02 Å². The highest BCUT2D eigenvalue weighted by atomic mass is 35.5. The first kappa shape index (κ1) is 18.5. The van der Waals surface area contributed by atoms with E-state index in [9.17, 15) is 0 Å². The Labute approximate surface area is 153 Å². The van der Waals surface area contributed by atoms with E-state index in [1.54, 1.807) is 7.11 Å². The van der Waals surface area contributed by atoms with Crippen molar-refractivity contribution in [3.63, 3.8) is 0 Å². The number of piperazine rings is 1. The normalized spacial score (nSPS) is 15.9. The van der Waals surface area contributed by atoms with Gasteiger partial charge < -0.3 is 24.7 Å². The van der Waals surface area contributed by atoms with Gasteiger partial charge in [-0.05, 0) is 32.4 Å². The first-order valence-corrected chi connectivity index (χ1v) is 9.13. The fourth-order valence-corrected chi connectivity index (χ4v) is 3.16. The molecule has 2 heterocycles. The van der Waals surface area contributed by atoms with E-state index in [1.807, 2.05) is 6.07 Å². The van der Waals surface area contributed by atoms with Crippen molar-refractivity contribution >= 4 is 28.3 Å². The molecule has 2 aromatic rings. The van der Waals surface area contributed by atoms with Gasteiger partial charge in [-0.2, -0.15) is 0 Å². The Morgan fingerprint density at radius 2 is 2.04 bits per heavy atom. The fourth-order valence-electron chi connectivity index (χ4n) is 2.88. The highest BCUT2D eigenvalue weighted by Gasteiger charge is 2.17. The second-order valence-corrected chi connectivity index (χ2v) is 7.41. The third-order valence-corrected chi connectivity index (χ3v) is 5.00. The molecule has 25 heavy (non-hydrogen) atoms. The molecule has 1 saturated heterocycles. The number of ether oxygens (including phenoxy) is 2. The van der Waals surface area contributed by atoms with Crippen molar-refractivity contribution in [2.45, 2.75) is 32.5 Å². The van der Waals surface area contributed by atoms with E-state index in [1.165, 1.54) is 0 Å². The fraction of sp³-hybridized carbons (Fsp3) is 0.611. The Morgan fingerprint density at radius 1 is 1.28 bits per heavy atom. The molecule has 1 fully saturated rings. The van der Waals surface area contributed by atoms with Crippen LogP contribution in [0.4, 0.5) is 5.69 Å². The van der Waals surface area contributed by atoms with E-state index in [0.29, 0.717) is 13.2 Å². The highest BCUT2D eigenvalue weighted by Crippen LogP contribution is 2.30. The molecule has 0 saturated carbocycles. The number of nitrogens with one attached hydrogen (secondary N) is 2. The summed E-state index contributed by atoms with van der Waals surface area (Å²) in [5.41, 5.74) is 2.77. The molecule has 1 aromatic carbocycles. The molecule has 7 heteroatoms. The van der Waals surface area contributed by atoms with E-state index < -0.39 is 0 Å². The molecule has 1 aliphatic heterocycles. The van der Waals surface area contributed by atoms with Crippen LogP contribution in [0.25, 0.3) is 11.0 Å². The molecular weight excluding hydrogens is 340 g/mol. The molecule has 0 atom stereocenters. The Morgan fingerprint density at radius 3 is 2.76 bits per heavy atom. The van der Waals surface area contributed by atoms with E-state index >= 15 is 0 Å². The standard InChI is InChI=1S/C18H27ClN4O2/c1-18(2,24-3)4-9-25-12-17-21-14-10-13(19)16(11-15(14)22-17)23-7-5-20-6-8-23/h10-11,20H,4-9,12H2,1-3H3,(H,21,22). The minimum Gasteiger partial charge on any atom is -0.379 e. The molecule has 0 aliphatic carbocycles. The Kier molecular flexibility index (Phi) is 5.84. The summed E-state index contributed by atoms with van der Waals surface area (Å²) in [5.74, 6) is 0.818. The molecular formula is C18H27ClN4O2. The number of hydrogen-bond acceptors (Lipinski definition) is 5. The molecule has 0 unspecified atom stereocenters. The summed E-state index contributed by atoms with van der Waals surface area (Å²) in [4.78, 5) is 10.2. The van der Waals surface area contributed by atoms with Crippen molar-refractivity contribution in [1.82, 2.24) is 15.3 Å². The van der Waals surface area contributed by atoms with Crippen LogP contribution in [0.3, 0.4) is 0 Å². The lowest BCUT2D eigenvalue weighted by Gasteiger charge is -2.30. The third kappa shape index (κ3) is 4.64. The van der Waals surface area contributed by atoms with Gasteiger partial charge in [-0.25, -0.2) is 4.98 Å². The summed E-state index contributed by atoms with van der Waals surface area (Å²) >= 11 is 6.48. The van der Waals surface area contributed by atoms with Gasteiger partial charge in [-0.3, -0.25) is 0 Å². The number of benzene rings is 1. The van der Waals surface area contributed by atoms with Crippen molar-refractivity contribution < 1.29 is 9.47 Å². The lowest BCUT2D eigenvalue weighted by atomic mass is 10.1. The van der Waals surface area contributed by atoms with Gasteiger partial charge in [0.1, 0.15) is 12.4 Å². The minimum atomic E-state index is -0.167. The molecule has 6 nitrogen and oxygen atoms in total. The number of aromatic amines is 1. The lowest BCUT2D eigenvalue weighted by molar-refractivity contribution is -0.0131. The van der Waals surface area contributed by atoms with Gasteiger partial charge in [-0.1, -0.05) is 11.6 Å². The SMILES string of the molecule is COC(C)(C)CCOCc1nc2cc(Cl)c(N3CCNCC3)cc2[nH]1. The van der Waals surface area contributed by atoms with Crippen molar-refractivity contribution in [3.8, 4) is 0 Å². The molecule has 1 aliphatic rings. The molecule has 0 bridgehead atoms. The molecule has 3 rings (SSSR count). The quantitative estimate of drug-likeness (QED) is 0.738. The van der Waals surface area contributed by atoms with E-state index in [0.717, 1.165) is 60.2 Å². The second-order valence-electron chi connectivity index (χ2n) is 7.01. The number of hydrogen-bond donors (Lipinski definition) is 2. The number of rotatable bonds is 7. The average Bonchev–Trinajstić information content (AvgIpc) is 3.00. The number of H-pyrrole nitrogens is 1. The number of anilines is 1. The molecule has 0 radical (unpaired) electrons. The van der Waals surface area contributed by atoms with Crippen LogP contribution in [0.1, 0.15) is 26.1 Å². The Hall–Kier alpha value is -1.34. The van der Waals surface area contributed by atoms with Crippen LogP contribution in [-0.4, -0.2) is 55.5 Å². The summed E-state index contributed by atoms with van der Waals surface area (Å²) in [6.07, 6.45) is 0.836. The molecule has 0 spiro atoms. The Bertz CT molecular complexity index is 710.